The topological polar surface area (TPSA) is 105 Å². The van der Waals surface area contributed by atoms with Gasteiger partial charge in [-0.05, 0) is 0 Å². The lowest BCUT2D eigenvalue weighted by Crippen LogP contribution is -2.04. The van der Waals surface area contributed by atoms with Crippen LogP contribution in [0, 0.1) is 0 Å². The number of nitrogens with two attached hydrogens (primary N) is 1. The molecule has 0 saturated carbocycles. The average Bonchev–Trinajstić information content (AvgIpc) is 2.95. The molecular formula is C9H9N7S. The summed E-state index contributed by atoms with van der Waals surface area (Å²) in [6, 6.07) is 0. The van der Waals surface area contributed by atoms with E-state index in [1.165, 1.54) is 0 Å². The van der Waals surface area contributed by atoms with Gasteiger partial charge in [0.25, 0.3) is 0 Å². The number of nitrogens with zero attached hydrogens (tertiary/aromatic N) is 4. The molecule has 0 aromatic carbocycles. The van der Waals surface area contributed by atoms with Crippen LogP contribution in [-0.4, -0.2) is 24.9 Å². The molecule has 8 heteroatoms. The fourth-order valence-electron chi connectivity index (χ4n) is 1.48. The molecule has 86 valence electrons. The molecule has 4 N–H and O–H groups in total. The highest BCUT2D eigenvalue weighted by Gasteiger charge is 2.08. The first-order chi connectivity index (χ1) is 8.33. The summed E-state index contributed by atoms with van der Waals surface area (Å²) in [6.45, 7) is 0.648. The van der Waals surface area contributed by atoms with E-state index in [1.54, 1.807) is 23.2 Å². The van der Waals surface area contributed by atoms with Gasteiger partial charge in [-0.1, -0.05) is 0 Å². The zero-order valence-electron chi connectivity index (χ0n) is 8.71. The van der Waals surface area contributed by atoms with Gasteiger partial charge in [0.05, 0.1) is 18.4 Å². The lowest BCUT2D eigenvalue weighted by atomic mass is 10.4. The van der Waals surface area contributed by atoms with Crippen molar-refractivity contribution >= 4 is 34.3 Å². The Bertz CT molecular complexity index is 630. The normalized spacial score (nSPS) is 10.8. The van der Waals surface area contributed by atoms with Crippen LogP contribution in [0.2, 0.25) is 0 Å². The molecule has 17 heavy (non-hydrogen) atoms. The Hall–Kier alpha value is -2.22. The van der Waals surface area contributed by atoms with Crippen LogP contribution < -0.4 is 11.1 Å². The molecule has 3 aromatic heterocycles. The Labute approximate surface area is 100 Å². The zero-order chi connectivity index (χ0) is 11.7. The van der Waals surface area contributed by atoms with Gasteiger partial charge in [-0.15, -0.1) is 11.3 Å². The van der Waals surface area contributed by atoms with E-state index in [0.29, 0.717) is 18.0 Å². The minimum atomic E-state index is 0.205. The number of H-pyrrole nitrogens is 1. The van der Waals surface area contributed by atoms with E-state index in [0.717, 1.165) is 10.4 Å². The maximum absolute atomic E-state index is 5.61. The number of hydrogen-bond acceptors (Lipinski definition) is 7. The summed E-state index contributed by atoms with van der Waals surface area (Å²) in [6.07, 6.45) is 3.38. The molecule has 7 nitrogen and oxygen atoms in total. The van der Waals surface area contributed by atoms with Crippen molar-refractivity contribution in [1.82, 2.24) is 24.9 Å². The number of aromatic amines is 1. The molecule has 3 heterocycles. The van der Waals surface area contributed by atoms with Gasteiger partial charge in [-0.3, -0.25) is 4.98 Å². The molecule has 0 aliphatic rings. The number of thiazole rings is 1. The predicted octanol–water partition coefficient (Wildman–Crippen LogP) is 1.00. The quantitative estimate of drug-likeness (QED) is 0.637. The highest BCUT2D eigenvalue weighted by Crippen LogP contribution is 2.18. The first-order valence-electron chi connectivity index (χ1n) is 4.91. The standard InChI is InChI=1S/C9H9N7S/c10-9-15-7(6-8(16-9)14-3-13-6)12-2-5-1-11-4-17-5/h1,3-4H,2H2,(H4,10,12,13,14,15,16). The SMILES string of the molecule is Nc1nc(NCc2cncs2)c2[nH]cnc2n1. The summed E-state index contributed by atoms with van der Waals surface area (Å²) < 4.78 is 0. The van der Waals surface area contributed by atoms with Crippen molar-refractivity contribution < 1.29 is 0 Å². The van der Waals surface area contributed by atoms with Gasteiger partial charge < -0.3 is 16.0 Å². The summed E-state index contributed by atoms with van der Waals surface area (Å²) in [5, 5.41) is 3.19. The maximum atomic E-state index is 5.61. The van der Waals surface area contributed by atoms with Crippen LogP contribution in [0.1, 0.15) is 4.88 Å². The number of hydrogen-bond donors (Lipinski definition) is 3. The highest BCUT2D eigenvalue weighted by molar-refractivity contribution is 7.09. The number of aromatic nitrogens is 5. The van der Waals surface area contributed by atoms with Crippen molar-refractivity contribution in [2.75, 3.05) is 11.1 Å². The van der Waals surface area contributed by atoms with E-state index in [-0.39, 0.29) is 5.95 Å². The van der Waals surface area contributed by atoms with E-state index in [4.69, 9.17) is 5.73 Å². The van der Waals surface area contributed by atoms with Gasteiger partial charge in [0.1, 0.15) is 5.52 Å². The zero-order valence-corrected chi connectivity index (χ0v) is 9.53. The van der Waals surface area contributed by atoms with Crippen molar-refractivity contribution in [3.8, 4) is 0 Å². The van der Waals surface area contributed by atoms with Crippen LogP contribution in [0.4, 0.5) is 11.8 Å². The molecule has 3 aromatic rings. The lowest BCUT2D eigenvalue weighted by Gasteiger charge is -2.04. The molecule has 0 unspecified atom stereocenters. The van der Waals surface area contributed by atoms with Crippen LogP contribution in [0.15, 0.2) is 18.0 Å². The fraction of sp³-hybridized carbons (Fsp3) is 0.111. The second-order valence-electron chi connectivity index (χ2n) is 3.35. The maximum Gasteiger partial charge on any atom is 0.224 e. The predicted molar refractivity (Wildman–Crippen MR) is 65.5 cm³/mol. The van der Waals surface area contributed by atoms with Crippen LogP contribution >= 0.6 is 11.3 Å². The molecule has 0 bridgehead atoms. The second-order valence-corrected chi connectivity index (χ2v) is 4.32. The van der Waals surface area contributed by atoms with Crippen molar-refractivity contribution in [2.24, 2.45) is 0 Å². The summed E-state index contributed by atoms with van der Waals surface area (Å²) >= 11 is 1.58. The van der Waals surface area contributed by atoms with Gasteiger partial charge in [0.15, 0.2) is 11.5 Å². The fourth-order valence-corrected chi connectivity index (χ4v) is 2.01. The smallest absolute Gasteiger partial charge is 0.224 e. The molecule has 3 rings (SSSR count). The second kappa shape index (κ2) is 3.98. The van der Waals surface area contributed by atoms with Crippen molar-refractivity contribution in [3.05, 3.63) is 22.9 Å². The Morgan fingerprint density at radius 3 is 3.18 bits per heavy atom. The lowest BCUT2D eigenvalue weighted by molar-refractivity contribution is 1.12. The third-order valence-corrected chi connectivity index (χ3v) is 3.00. The number of imidazole rings is 1. The third kappa shape index (κ3) is 1.89. The summed E-state index contributed by atoms with van der Waals surface area (Å²) in [4.78, 5) is 20.3. The molecule has 0 aliphatic heterocycles. The number of fused-ring (bicyclic) bond motifs is 1. The number of rotatable bonds is 3. The first-order valence-corrected chi connectivity index (χ1v) is 5.79. The third-order valence-electron chi connectivity index (χ3n) is 2.22. The molecular weight excluding hydrogens is 238 g/mol. The number of anilines is 2. The minimum absolute atomic E-state index is 0.205. The summed E-state index contributed by atoms with van der Waals surface area (Å²) in [5.74, 6) is 0.856. The molecule has 0 amide bonds. The van der Waals surface area contributed by atoms with Crippen LogP contribution in [0.25, 0.3) is 11.2 Å². The van der Waals surface area contributed by atoms with Gasteiger partial charge in [0.2, 0.25) is 5.95 Å². The summed E-state index contributed by atoms with van der Waals surface area (Å²) in [5.41, 5.74) is 8.71. The molecule has 0 radical (unpaired) electrons. The Morgan fingerprint density at radius 2 is 2.35 bits per heavy atom. The van der Waals surface area contributed by atoms with Crippen molar-refractivity contribution in [2.45, 2.75) is 6.54 Å². The Balaban J connectivity index is 1.91. The van der Waals surface area contributed by atoms with Gasteiger partial charge in [-0.25, -0.2) is 4.98 Å². The van der Waals surface area contributed by atoms with E-state index in [1.807, 2.05) is 6.20 Å². The largest absolute Gasteiger partial charge is 0.368 e. The molecule has 0 spiro atoms. The van der Waals surface area contributed by atoms with E-state index >= 15 is 0 Å². The van der Waals surface area contributed by atoms with Gasteiger partial charge in [-0.2, -0.15) is 9.97 Å². The van der Waals surface area contributed by atoms with E-state index < -0.39 is 0 Å². The first kappa shape index (κ1) is 9.97. The van der Waals surface area contributed by atoms with E-state index in [2.05, 4.69) is 30.2 Å². The van der Waals surface area contributed by atoms with Crippen LogP contribution in [-0.2, 0) is 6.54 Å². The highest BCUT2D eigenvalue weighted by atomic mass is 32.1. The number of nitrogen functional groups attached to an aromatic ring is 1. The van der Waals surface area contributed by atoms with Gasteiger partial charge >= 0.3 is 0 Å². The van der Waals surface area contributed by atoms with Crippen molar-refractivity contribution in [3.63, 3.8) is 0 Å². The van der Waals surface area contributed by atoms with E-state index in [9.17, 15) is 0 Å². The Morgan fingerprint density at radius 1 is 1.41 bits per heavy atom. The number of nitrogens with one attached hydrogen (secondary N) is 2. The average molecular weight is 247 g/mol. The Kier molecular flexibility index (Phi) is 2.33. The monoisotopic (exact) mass is 247 g/mol. The van der Waals surface area contributed by atoms with Crippen molar-refractivity contribution in [1.29, 1.82) is 0 Å². The van der Waals surface area contributed by atoms with Gasteiger partial charge in [0, 0.05) is 11.1 Å². The molecule has 0 atom stereocenters. The molecule has 0 aliphatic carbocycles. The molecule has 0 saturated heterocycles. The molecule has 0 fully saturated rings. The summed E-state index contributed by atoms with van der Waals surface area (Å²) in [7, 11) is 0. The van der Waals surface area contributed by atoms with Crippen LogP contribution in [0.3, 0.4) is 0 Å². The van der Waals surface area contributed by atoms with Crippen LogP contribution in [0.5, 0.6) is 0 Å². The minimum Gasteiger partial charge on any atom is -0.368 e.